The third kappa shape index (κ3) is 3.18. The molecule has 0 fully saturated rings. The van der Waals surface area contributed by atoms with E-state index in [-0.39, 0.29) is 5.82 Å². The molecule has 0 saturated carbocycles. The van der Waals surface area contributed by atoms with Crippen molar-refractivity contribution >= 4 is 15.9 Å². The number of nitrogens with two attached hydrogens (primary N) is 1. The Kier molecular flexibility index (Phi) is 3.73. The average molecular weight is 276 g/mol. The van der Waals surface area contributed by atoms with Gasteiger partial charge in [0.25, 0.3) is 0 Å². The molecule has 0 radical (unpaired) electrons. The van der Waals surface area contributed by atoms with E-state index < -0.39 is 5.54 Å². The molecule has 1 rings (SSSR count). The lowest BCUT2D eigenvalue weighted by atomic mass is 9.96. The largest absolute Gasteiger partial charge is 0.495 e. The van der Waals surface area contributed by atoms with E-state index in [9.17, 15) is 4.39 Å². The van der Waals surface area contributed by atoms with Crippen molar-refractivity contribution < 1.29 is 9.13 Å². The summed E-state index contributed by atoms with van der Waals surface area (Å²) < 4.78 is 19.1. The fourth-order valence-corrected chi connectivity index (χ4v) is 1.91. The molecule has 0 amide bonds. The molecule has 0 spiro atoms. The normalized spacial score (nSPS) is 11.6. The van der Waals surface area contributed by atoms with E-state index >= 15 is 0 Å². The van der Waals surface area contributed by atoms with Crippen LogP contribution in [0.2, 0.25) is 0 Å². The van der Waals surface area contributed by atoms with Gasteiger partial charge >= 0.3 is 0 Å². The van der Waals surface area contributed by atoms with Crippen LogP contribution in [0.3, 0.4) is 0 Å². The highest BCUT2D eigenvalue weighted by Crippen LogP contribution is 2.30. The predicted molar refractivity (Wildman–Crippen MR) is 62.6 cm³/mol. The highest BCUT2D eigenvalue weighted by molar-refractivity contribution is 9.10. The van der Waals surface area contributed by atoms with Crippen molar-refractivity contribution in [3.05, 3.63) is 28.0 Å². The maximum atomic E-state index is 13.8. The minimum atomic E-state index is -0.422. The summed E-state index contributed by atoms with van der Waals surface area (Å²) >= 11 is 3.16. The first-order chi connectivity index (χ1) is 6.85. The van der Waals surface area contributed by atoms with Gasteiger partial charge in [0.2, 0.25) is 0 Å². The van der Waals surface area contributed by atoms with Gasteiger partial charge < -0.3 is 10.5 Å². The third-order valence-corrected chi connectivity index (χ3v) is 2.73. The molecule has 1 aromatic carbocycles. The van der Waals surface area contributed by atoms with Crippen LogP contribution in [0.5, 0.6) is 5.75 Å². The van der Waals surface area contributed by atoms with Crippen LogP contribution in [0.1, 0.15) is 19.4 Å². The van der Waals surface area contributed by atoms with Gasteiger partial charge in [-0.05, 0) is 47.8 Å². The molecule has 15 heavy (non-hydrogen) atoms. The maximum Gasteiger partial charge on any atom is 0.144 e. The molecule has 0 atom stereocenters. The van der Waals surface area contributed by atoms with Gasteiger partial charge in [0.1, 0.15) is 11.6 Å². The zero-order valence-corrected chi connectivity index (χ0v) is 10.7. The van der Waals surface area contributed by atoms with Crippen molar-refractivity contribution in [2.24, 2.45) is 5.73 Å². The highest BCUT2D eigenvalue weighted by Gasteiger charge is 2.17. The van der Waals surface area contributed by atoms with Crippen molar-refractivity contribution in [1.29, 1.82) is 0 Å². The van der Waals surface area contributed by atoms with Crippen molar-refractivity contribution in [2.45, 2.75) is 25.8 Å². The van der Waals surface area contributed by atoms with Crippen LogP contribution in [-0.2, 0) is 6.42 Å². The van der Waals surface area contributed by atoms with E-state index in [2.05, 4.69) is 15.9 Å². The number of methoxy groups -OCH3 is 1. The van der Waals surface area contributed by atoms with Gasteiger partial charge in [0.15, 0.2) is 0 Å². The minimum Gasteiger partial charge on any atom is -0.495 e. The molecular weight excluding hydrogens is 261 g/mol. The fraction of sp³-hybridized carbons (Fsp3) is 0.455. The van der Waals surface area contributed by atoms with Crippen molar-refractivity contribution in [3.63, 3.8) is 0 Å². The molecule has 0 bridgehead atoms. The van der Waals surface area contributed by atoms with E-state index in [1.165, 1.54) is 7.11 Å². The first-order valence-electron chi connectivity index (χ1n) is 4.65. The molecule has 0 heterocycles. The summed E-state index contributed by atoms with van der Waals surface area (Å²) in [6.07, 6.45) is 0.488. The lowest BCUT2D eigenvalue weighted by Crippen LogP contribution is -2.34. The number of hydrogen-bond acceptors (Lipinski definition) is 2. The topological polar surface area (TPSA) is 35.2 Å². The van der Waals surface area contributed by atoms with E-state index in [0.717, 1.165) is 0 Å². The molecular formula is C11H15BrFNO. The molecule has 2 nitrogen and oxygen atoms in total. The second-order valence-corrected chi connectivity index (χ2v) is 5.01. The average Bonchev–Trinajstić information content (AvgIpc) is 2.11. The molecule has 0 aliphatic carbocycles. The Morgan fingerprint density at radius 1 is 1.47 bits per heavy atom. The zero-order valence-electron chi connectivity index (χ0n) is 9.10. The Balaban J connectivity index is 3.07. The van der Waals surface area contributed by atoms with Crippen molar-refractivity contribution in [1.82, 2.24) is 0 Å². The molecule has 1 aromatic rings. The predicted octanol–water partition coefficient (Wildman–Crippen LogP) is 2.88. The molecule has 4 heteroatoms. The summed E-state index contributed by atoms with van der Waals surface area (Å²) in [6.45, 7) is 3.73. The summed E-state index contributed by atoms with van der Waals surface area (Å²) in [6, 6.07) is 3.43. The van der Waals surface area contributed by atoms with E-state index in [1.807, 2.05) is 13.8 Å². The van der Waals surface area contributed by atoms with Crippen LogP contribution in [-0.4, -0.2) is 12.6 Å². The summed E-state index contributed by atoms with van der Waals surface area (Å²) in [7, 11) is 1.51. The van der Waals surface area contributed by atoms with E-state index in [0.29, 0.717) is 22.2 Å². The molecule has 2 N–H and O–H groups in total. The number of rotatable bonds is 3. The smallest absolute Gasteiger partial charge is 0.144 e. The fourth-order valence-electron chi connectivity index (χ4n) is 1.36. The second kappa shape index (κ2) is 4.49. The molecule has 0 aromatic heterocycles. The van der Waals surface area contributed by atoms with Crippen LogP contribution < -0.4 is 10.5 Å². The van der Waals surface area contributed by atoms with E-state index in [4.69, 9.17) is 10.5 Å². The molecule has 0 saturated heterocycles. The highest BCUT2D eigenvalue weighted by atomic mass is 79.9. The Bertz CT molecular complexity index is 360. The Labute approximate surface area is 97.7 Å². The number of halogens is 2. The summed E-state index contributed by atoms with van der Waals surface area (Å²) in [4.78, 5) is 0. The van der Waals surface area contributed by atoms with Gasteiger partial charge in [-0.2, -0.15) is 0 Å². The van der Waals surface area contributed by atoms with E-state index in [1.54, 1.807) is 12.1 Å². The van der Waals surface area contributed by atoms with Crippen LogP contribution >= 0.6 is 15.9 Å². The summed E-state index contributed by atoms with van der Waals surface area (Å²) in [5.74, 6) is 0.193. The monoisotopic (exact) mass is 275 g/mol. The van der Waals surface area contributed by atoms with Crippen LogP contribution in [0.25, 0.3) is 0 Å². The third-order valence-electron chi connectivity index (χ3n) is 1.99. The van der Waals surface area contributed by atoms with Crippen molar-refractivity contribution in [3.8, 4) is 5.75 Å². The SMILES string of the molecule is COc1ccc(CC(C)(C)N)c(F)c1Br. The number of benzene rings is 1. The Hall–Kier alpha value is -0.610. The van der Waals surface area contributed by atoms with Gasteiger partial charge in [0.05, 0.1) is 11.6 Å². The van der Waals surface area contributed by atoms with Crippen molar-refractivity contribution in [2.75, 3.05) is 7.11 Å². The second-order valence-electron chi connectivity index (χ2n) is 4.22. The van der Waals surface area contributed by atoms with Gasteiger partial charge in [0, 0.05) is 5.54 Å². The van der Waals surface area contributed by atoms with Gasteiger partial charge in [-0.3, -0.25) is 0 Å². The molecule has 0 aliphatic heterocycles. The Morgan fingerprint density at radius 3 is 2.53 bits per heavy atom. The van der Waals surface area contributed by atoms with Gasteiger partial charge in [-0.15, -0.1) is 0 Å². The number of hydrogen-bond donors (Lipinski definition) is 1. The van der Waals surface area contributed by atoms with Crippen LogP contribution in [0, 0.1) is 5.82 Å². The molecule has 84 valence electrons. The number of ether oxygens (including phenoxy) is 1. The lowest BCUT2D eigenvalue weighted by Gasteiger charge is -2.19. The van der Waals surface area contributed by atoms with Gasteiger partial charge in [-0.25, -0.2) is 4.39 Å². The zero-order chi connectivity index (χ0) is 11.6. The van der Waals surface area contributed by atoms with Crippen LogP contribution in [0.15, 0.2) is 16.6 Å². The van der Waals surface area contributed by atoms with Gasteiger partial charge in [-0.1, -0.05) is 6.07 Å². The maximum absolute atomic E-state index is 13.8. The first kappa shape index (κ1) is 12.5. The lowest BCUT2D eigenvalue weighted by molar-refractivity contribution is 0.405. The molecule has 0 unspecified atom stereocenters. The molecule has 0 aliphatic rings. The summed E-state index contributed by atoms with van der Waals surface area (Å²) in [5, 5.41) is 0. The quantitative estimate of drug-likeness (QED) is 0.921. The minimum absolute atomic E-state index is 0.298. The standard InChI is InChI=1S/C11H15BrFNO/c1-11(2,14)6-7-4-5-8(15-3)9(12)10(7)13/h4-5H,6,14H2,1-3H3. The first-order valence-corrected chi connectivity index (χ1v) is 5.44. The van der Waals surface area contributed by atoms with Crippen LogP contribution in [0.4, 0.5) is 4.39 Å². The summed E-state index contributed by atoms with van der Waals surface area (Å²) in [5.41, 5.74) is 6.01. The Morgan fingerprint density at radius 2 is 2.07 bits per heavy atom.